The van der Waals surface area contributed by atoms with E-state index in [1.807, 2.05) is 25.1 Å². The first-order valence-electron chi connectivity index (χ1n) is 8.40. The summed E-state index contributed by atoms with van der Waals surface area (Å²) in [6, 6.07) is 9.79. The van der Waals surface area contributed by atoms with Gasteiger partial charge in [0.25, 0.3) is 5.91 Å². The standard InChI is InChI=1S/C19H23N5O/c1-12(2)14-4-6-15(7-5-14)17(20)11-21-19(25)16-10-22-24-9-8-13(3)23-18(16)24/h4-10,12,17H,11,20H2,1-3H3,(H,21,25). The fourth-order valence-corrected chi connectivity index (χ4v) is 2.66. The van der Waals surface area contributed by atoms with Gasteiger partial charge in [-0.15, -0.1) is 0 Å². The van der Waals surface area contributed by atoms with Crippen molar-refractivity contribution in [2.75, 3.05) is 6.54 Å². The molecule has 130 valence electrons. The van der Waals surface area contributed by atoms with Crippen LogP contribution in [0.2, 0.25) is 0 Å². The fourth-order valence-electron chi connectivity index (χ4n) is 2.66. The first-order chi connectivity index (χ1) is 12.0. The maximum absolute atomic E-state index is 12.5. The monoisotopic (exact) mass is 337 g/mol. The predicted octanol–water partition coefficient (Wildman–Crippen LogP) is 2.59. The molecule has 1 aromatic carbocycles. The number of carbonyl (C=O) groups is 1. The number of fused-ring (bicyclic) bond motifs is 1. The lowest BCUT2D eigenvalue weighted by atomic mass is 9.99. The van der Waals surface area contributed by atoms with Gasteiger partial charge in [-0.2, -0.15) is 5.10 Å². The van der Waals surface area contributed by atoms with Crippen molar-refractivity contribution in [3.05, 3.63) is 65.1 Å². The molecule has 0 aliphatic heterocycles. The molecule has 0 saturated carbocycles. The van der Waals surface area contributed by atoms with Gasteiger partial charge in [0.15, 0.2) is 5.65 Å². The third-order valence-corrected chi connectivity index (χ3v) is 4.27. The lowest BCUT2D eigenvalue weighted by Crippen LogP contribution is -2.32. The average Bonchev–Trinajstić information content (AvgIpc) is 3.02. The Bertz CT molecular complexity index is 882. The average molecular weight is 337 g/mol. The van der Waals surface area contributed by atoms with E-state index in [1.54, 1.807) is 10.7 Å². The number of amides is 1. The zero-order valence-electron chi connectivity index (χ0n) is 14.7. The summed E-state index contributed by atoms with van der Waals surface area (Å²) in [6.07, 6.45) is 3.32. The third-order valence-electron chi connectivity index (χ3n) is 4.27. The summed E-state index contributed by atoms with van der Waals surface area (Å²) in [5.74, 6) is 0.263. The minimum absolute atomic E-state index is 0.220. The van der Waals surface area contributed by atoms with Crippen LogP contribution in [-0.2, 0) is 0 Å². The second-order valence-electron chi connectivity index (χ2n) is 6.53. The van der Waals surface area contributed by atoms with Crippen LogP contribution in [-0.4, -0.2) is 27.0 Å². The van der Waals surface area contributed by atoms with E-state index in [1.165, 1.54) is 11.8 Å². The Morgan fingerprint density at radius 1 is 1.20 bits per heavy atom. The molecule has 2 heterocycles. The van der Waals surface area contributed by atoms with Gasteiger partial charge >= 0.3 is 0 Å². The summed E-state index contributed by atoms with van der Waals surface area (Å²) >= 11 is 0. The Hall–Kier alpha value is -2.73. The summed E-state index contributed by atoms with van der Waals surface area (Å²) in [4.78, 5) is 16.8. The number of aromatic nitrogens is 3. The van der Waals surface area contributed by atoms with Gasteiger partial charge in [0.05, 0.1) is 6.20 Å². The van der Waals surface area contributed by atoms with Gasteiger partial charge in [0.1, 0.15) is 5.56 Å². The third kappa shape index (κ3) is 3.69. The zero-order chi connectivity index (χ0) is 18.0. The van der Waals surface area contributed by atoms with Crippen LogP contribution in [0.1, 0.15) is 53.0 Å². The van der Waals surface area contributed by atoms with Crippen molar-refractivity contribution in [1.82, 2.24) is 19.9 Å². The quantitative estimate of drug-likeness (QED) is 0.749. The van der Waals surface area contributed by atoms with Crippen LogP contribution in [0.4, 0.5) is 0 Å². The van der Waals surface area contributed by atoms with Crippen molar-refractivity contribution in [3.63, 3.8) is 0 Å². The first-order valence-corrected chi connectivity index (χ1v) is 8.40. The molecule has 1 amide bonds. The maximum Gasteiger partial charge on any atom is 0.256 e. The molecule has 0 spiro atoms. The molecule has 0 saturated heterocycles. The van der Waals surface area contributed by atoms with Gasteiger partial charge in [-0.05, 0) is 30.0 Å². The molecule has 0 aliphatic carbocycles. The smallest absolute Gasteiger partial charge is 0.256 e. The Balaban J connectivity index is 1.67. The number of nitrogens with two attached hydrogens (primary N) is 1. The van der Waals surface area contributed by atoms with E-state index in [2.05, 4.69) is 41.4 Å². The van der Waals surface area contributed by atoms with Crippen molar-refractivity contribution >= 4 is 11.6 Å². The lowest BCUT2D eigenvalue weighted by molar-refractivity contribution is 0.0952. The Kier molecular flexibility index (Phi) is 4.81. The van der Waals surface area contributed by atoms with Crippen LogP contribution >= 0.6 is 0 Å². The van der Waals surface area contributed by atoms with Gasteiger partial charge in [-0.25, -0.2) is 9.50 Å². The number of nitrogens with zero attached hydrogens (tertiary/aromatic N) is 3. The van der Waals surface area contributed by atoms with E-state index < -0.39 is 0 Å². The van der Waals surface area contributed by atoms with Crippen molar-refractivity contribution in [3.8, 4) is 0 Å². The second kappa shape index (κ2) is 7.03. The number of nitrogens with one attached hydrogen (secondary N) is 1. The van der Waals surface area contributed by atoms with Crippen LogP contribution in [0.25, 0.3) is 5.65 Å². The molecule has 0 bridgehead atoms. The number of rotatable bonds is 5. The van der Waals surface area contributed by atoms with E-state index in [0.717, 1.165) is 11.3 Å². The van der Waals surface area contributed by atoms with Crippen molar-refractivity contribution in [1.29, 1.82) is 0 Å². The number of hydrogen-bond donors (Lipinski definition) is 2. The highest BCUT2D eigenvalue weighted by atomic mass is 16.1. The van der Waals surface area contributed by atoms with Crippen LogP contribution in [0.3, 0.4) is 0 Å². The minimum atomic E-state index is -0.262. The molecule has 6 heteroatoms. The molecule has 1 unspecified atom stereocenters. The second-order valence-corrected chi connectivity index (χ2v) is 6.53. The molecule has 0 aliphatic rings. The normalized spacial score (nSPS) is 12.5. The van der Waals surface area contributed by atoms with Crippen LogP contribution in [0.5, 0.6) is 0 Å². The summed E-state index contributed by atoms with van der Waals surface area (Å²) in [7, 11) is 0. The van der Waals surface area contributed by atoms with Crippen molar-refractivity contribution in [2.24, 2.45) is 5.73 Å². The molecule has 6 nitrogen and oxygen atoms in total. The van der Waals surface area contributed by atoms with Gasteiger partial charge in [0.2, 0.25) is 0 Å². The summed E-state index contributed by atoms with van der Waals surface area (Å²) in [6.45, 7) is 6.54. The molecule has 3 N–H and O–H groups in total. The van der Waals surface area contributed by atoms with Gasteiger partial charge in [-0.3, -0.25) is 4.79 Å². The molecular weight excluding hydrogens is 314 g/mol. The topological polar surface area (TPSA) is 85.3 Å². The van der Waals surface area contributed by atoms with Crippen LogP contribution in [0, 0.1) is 6.92 Å². The molecule has 2 aromatic heterocycles. The Labute approximate surface area is 147 Å². The molecular formula is C19H23N5O. The molecule has 1 atom stereocenters. The number of aryl methyl sites for hydroxylation is 1. The van der Waals surface area contributed by atoms with Gasteiger partial charge in [-0.1, -0.05) is 38.1 Å². The summed E-state index contributed by atoms with van der Waals surface area (Å²) < 4.78 is 1.59. The molecule has 3 aromatic rings. The van der Waals surface area contributed by atoms with Crippen LogP contribution < -0.4 is 11.1 Å². The highest BCUT2D eigenvalue weighted by molar-refractivity contribution is 5.99. The fraction of sp³-hybridized carbons (Fsp3) is 0.316. The van der Waals surface area contributed by atoms with Crippen LogP contribution in [0.15, 0.2) is 42.7 Å². The SMILES string of the molecule is Cc1ccn2ncc(C(=O)NCC(N)c3ccc(C(C)C)cc3)c2n1. The van der Waals surface area contributed by atoms with E-state index in [4.69, 9.17) is 5.73 Å². The first kappa shape index (κ1) is 17.1. The minimum Gasteiger partial charge on any atom is -0.350 e. The number of benzene rings is 1. The Morgan fingerprint density at radius 3 is 2.56 bits per heavy atom. The van der Waals surface area contributed by atoms with Gasteiger partial charge < -0.3 is 11.1 Å². The van der Waals surface area contributed by atoms with Crippen molar-refractivity contribution in [2.45, 2.75) is 32.7 Å². The van der Waals surface area contributed by atoms with E-state index in [-0.39, 0.29) is 11.9 Å². The summed E-state index contributed by atoms with van der Waals surface area (Å²) in [5, 5.41) is 7.03. The van der Waals surface area contributed by atoms with E-state index in [9.17, 15) is 4.79 Å². The largest absolute Gasteiger partial charge is 0.350 e. The zero-order valence-corrected chi connectivity index (χ0v) is 14.7. The van der Waals surface area contributed by atoms with Crippen molar-refractivity contribution < 1.29 is 4.79 Å². The van der Waals surface area contributed by atoms with Gasteiger partial charge in [0, 0.05) is 24.5 Å². The highest BCUT2D eigenvalue weighted by Crippen LogP contribution is 2.17. The lowest BCUT2D eigenvalue weighted by Gasteiger charge is -2.14. The summed E-state index contributed by atoms with van der Waals surface area (Å²) in [5.41, 5.74) is 10.3. The number of hydrogen-bond acceptors (Lipinski definition) is 4. The maximum atomic E-state index is 12.5. The molecule has 0 fully saturated rings. The predicted molar refractivity (Wildman–Crippen MR) is 97.5 cm³/mol. The Morgan fingerprint density at radius 2 is 1.88 bits per heavy atom. The molecule has 0 radical (unpaired) electrons. The molecule has 3 rings (SSSR count). The molecule has 25 heavy (non-hydrogen) atoms. The number of carbonyl (C=O) groups excluding carboxylic acids is 1. The van der Waals surface area contributed by atoms with E-state index >= 15 is 0 Å². The highest BCUT2D eigenvalue weighted by Gasteiger charge is 2.15. The van der Waals surface area contributed by atoms with E-state index in [0.29, 0.717) is 23.7 Å².